The molecule has 0 aliphatic heterocycles. The van der Waals surface area contributed by atoms with Gasteiger partial charge in [0.25, 0.3) is 0 Å². The third kappa shape index (κ3) is 2.61. The molecule has 0 atom stereocenters. The molecule has 3 aromatic rings. The van der Waals surface area contributed by atoms with Crippen LogP contribution in [0.15, 0.2) is 18.2 Å². The van der Waals surface area contributed by atoms with Crippen molar-refractivity contribution >= 4 is 21.6 Å². The topological polar surface area (TPSA) is 35.0 Å². The lowest BCUT2D eigenvalue weighted by Gasteiger charge is -2.13. The maximum Gasteiger partial charge on any atom is 0.231 e. The zero-order valence-electron chi connectivity index (χ0n) is 13.8. The number of aryl methyl sites for hydroxylation is 5. The number of hydrogen-bond donors (Lipinski definition) is 0. The Labute approximate surface area is 140 Å². The van der Waals surface area contributed by atoms with Crippen LogP contribution in [0.2, 0.25) is 0 Å². The monoisotopic (exact) mass is 324 g/mol. The molecule has 3 nitrogen and oxygen atoms in total. The highest BCUT2D eigenvalue weighted by molar-refractivity contribution is 7.18. The summed E-state index contributed by atoms with van der Waals surface area (Å²) < 4.78 is 6.19. The molecule has 118 valence electrons. The van der Waals surface area contributed by atoms with Crippen LogP contribution in [0, 0.1) is 20.8 Å². The van der Waals surface area contributed by atoms with Crippen molar-refractivity contribution in [3.63, 3.8) is 0 Å². The maximum atomic E-state index is 6.19. The first-order valence-electron chi connectivity index (χ1n) is 8.16. The predicted molar refractivity (Wildman–Crippen MR) is 94.8 cm³/mol. The van der Waals surface area contributed by atoms with E-state index in [2.05, 4.69) is 35.9 Å². The summed E-state index contributed by atoms with van der Waals surface area (Å²) in [5, 5.41) is 1.13. The molecule has 0 unspecified atom stereocenters. The molecule has 0 spiro atoms. The summed E-state index contributed by atoms with van der Waals surface area (Å²) in [4.78, 5) is 11.8. The van der Waals surface area contributed by atoms with E-state index in [4.69, 9.17) is 4.74 Å². The first-order valence-corrected chi connectivity index (χ1v) is 8.97. The average Bonchev–Trinajstić information content (AvgIpc) is 2.89. The zero-order valence-corrected chi connectivity index (χ0v) is 14.6. The fourth-order valence-electron chi connectivity index (χ4n) is 3.19. The van der Waals surface area contributed by atoms with E-state index in [0.717, 1.165) is 34.1 Å². The highest BCUT2D eigenvalue weighted by Crippen LogP contribution is 2.40. The molecule has 1 aliphatic rings. The second kappa shape index (κ2) is 5.60. The van der Waals surface area contributed by atoms with Gasteiger partial charge in [-0.15, -0.1) is 11.3 Å². The molecular weight excluding hydrogens is 304 g/mol. The average molecular weight is 324 g/mol. The van der Waals surface area contributed by atoms with Gasteiger partial charge in [0.2, 0.25) is 5.88 Å². The molecule has 2 aromatic heterocycles. The van der Waals surface area contributed by atoms with Crippen molar-refractivity contribution in [3.8, 4) is 11.6 Å². The van der Waals surface area contributed by atoms with Crippen LogP contribution in [0.5, 0.6) is 11.6 Å². The number of nitrogens with zero attached hydrogens (tertiary/aromatic N) is 2. The smallest absolute Gasteiger partial charge is 0.231 e. The van der Waals surface area contributed by atoms with Crippen LogP contribution in [0.25, 0.3) is 10.2 Å². The number of hydrogen-bond acceptors (Lipinski definition) is 4. The standard InChI is InChI=1S/C19H20N2OS/c1-11-8-9-14(10-12(11)2)22-18-17-15-6-4-5-7-16(15)23-19(17)21-13(3)20-18/h8-10H,4-7H2,1-3H3. The molecule has 1 aliphatic carbocycles. The van der Waals surface area contributed by atoms with E-state index >= 15 is 0 Å². The molecule has 0 radical (unpaired) electrons. The van der Waals surface area contributed by atoms with Gasteiger partial charge in [0, 0.05) is 4.88 Å². The van der Waals surface area contributed by atoms with Gasteiger partial charge in [-0.3, -0.25) is 0 Å². The van der Waals surface area contributed by atoms with E-state index in [-0.39, 0.29) is 0 Å². The van der Waals surface area contributed by atoms with Gasteiger partial charge < -0.3 is 4.74 Å². The summed E-state index contributed by atoms with van der Waals surface area (Å²) in [6.45, 7) is 6.16. The molecule has 0 fully saturated rings. The largest absolute Gasteiger partial charge is 0.438 e. The van der Waals surface area contributed by atoms with Crippen molar-refractivity contribution < 1.29 is 4.74 Å². The van der Waals surface area contributed by atoms with Gasteiger partial charge in [-0.2, -0.15) is 4.98 Å². The normalized spacial score (nSPS) is 14.0. The van der Waals surface area contributed by atoms with Crippen LogP contribution in [0.4, 0.5) is 0 Å². The van der Waals surface area contributed by atoms with Gasteiger partial charge in [0.15, 0.2) is 0 Å². The Kier molecular flexibility index (Phi) is 3.57. The SMILES string of the molecule is Cc1nc(Oc2ccc(C)c(C)c2)c2c3c(sc2n1)CCCC3. The summed E-state index contributed by atoms with van der Waals surface area (Å²) in [5.41, 5.74) is 3.92. The van der Waals surface area contributed by atoms with Crippen molar-refractivity contribution in [2.45, 2.75) is 46.5 Å². The minimum absolute atomic E-state index is 0.718. The van der Waals surface area contributed by atoms with Crippen LogP contribution in [-0.2, 0) is 12.8 Å². The van der Waals surface area contributed by atoms with Crippen LogP contribution in [0.1, 0.15) is 40.2 Å². The van der Waals surface area contributed by atoms with Crippen molar-refractivity contribution in [1.29, 1.82) is 0 Å². The van der Waals surface area contributed by atoms with E-state index < -0.39 is 0 Å². The molecule has 0 N–H and O–H groups in total. The lowest BCUT2D eigenvalue weighted by atomic mass is 9.97. The summed E-state index contributed by atoms with van der Waals surface area (Å²) in [7, 11) is 0. The Morgan fingerprint density at radius 2 is 1.83 bits per heavy atom. The Balaban J connectivity index is 1.85. The summed E-state index contributed by atoms with van der Waals surface area (Å²) in [5.74, 6) is 2.34. The Hall–Kier alpha value is -1.94. The first-order chi connectivity index (χ1) is 11.1. The molecule has 2 heterocycles. The lowest BCUT2D eigenvalue weighted by Crippen LogP contribution is -2.00. The number of rotatable bonds is 2. The molecule has 4 heteroatoms. The minimum Gasteiger partial charge on any atom is -0.438 e. The van der Waals surface area contributed by atoms with Gasteiger partial charge >= 0.3 is 0 Å². The van der Waals surface area contributed by atoms with E-state index in [1.807, 2.05) is 24.3 Å². The van der Waals surface area contributed by atoms with Gasteiger partial charge in [-0.1, -0.05) is 6.07 Å². The zero-order chi connectivity index (χ0) is 16.0. The van der Waals surface area contributed by atoms with Crippen LogP contribution >= 0.6 is 11.3 Å². The van der Waals surface area contributed by atoms with E-state index in [1.165, 1.54) is 40.8 Å². The quantitative estimate of drug-likeness (QED) is 0.642. The number of thiophene rings is 1. The summed E-state index contributed by atoms with van der Waals surface area (Å²) in [6.07, 6.45) is 4.80. The van der Waals surface area contributed by atoms with E-state index in [9.17, 15) is 0 Å². The Bertz CT molecular complexity index is 898. The third-order valence-corrected chi connectivity index (χ3v) is 5.77. The Morgan fingerprint density at radius 3 is 2.65 bits per heavy atom. The molecule has 23 heavy (non-hydrogen) atoms. The molecule has 0 bridgehead atoms. The number of ether oxygens (including phenoxy) is 1. The number of aromatic nitrogens is 2. The molecule has 0 saturated carbocycles. The highest BCUT2D eigenvalue weighted by atomic mass is 32.1. The minimum atomic E-state index is 0.718. The van der Waals surface area contributed by atoms with Crippen LogP contribution in [-0.4, -0.2) is 9.97 Å². The van der Waals surface area contributed by atoms with Crippen LogP contribution < -0.4 is 4.74 Å². The summed E-state index contributed by atoms with van der Waals surface area (Å²) >= 11 is 1.81. The molecule has 1 aromatic carbocycles. The second-order valence-corrected chi connectivity index (χ2v) is 7.40. The van der Waals surface area contributed by atoms with E-state index in [0.29, 0.717) is 0 Å². The van der Waals surface area contributed by atoms with Crippen molar-refractivity contribution in [1.82, 2.24) is 9.97 Å². The molecule has 0 saturated heterocycles. The molecular formula is C19H20N2OS. The predicted octanol–water partition coefficient (Wildman–Crippen LogP) is 5.29. The fraction of sp³-hybridized carbons (Fsp3) is 0.368. The third-order valence-electron chi connectivity index (χ3n) is 4.59. The van der Waals surface area contributed by atoms with Gasteiger partial charge in [0.1, 0.15) is 16.4 Å². The van der Waals surface area contributed by atoms with E-state index in [1.54, 1.807) is 0 Å². The van der Waals surface area contributed by atoms with Gasteiger partial charge in [0.05, 0.1) is 5.39 Å². The number of fused-ring (bicyclic) bond motifs is 3. The summed E-state index contributed by atoms with van der Waals surface area (Å²) in [6, 6.07) is 6.20. The van der Waals surface area contributed by atoms with Crippen LogP contribution in [0.3, 0.4) is 0 Å². The van der Waals surface area contributed by atoms with Gasteiger partial charge in [-0.25, -0.2) is 4.98 Å². The van der Waals surface area contributed by atoms with Crippen molar-refractivity contribution in [3.05, 3.63) is 45.6 Å². The second-order valence-electron chi connectivity index (χ2n) is 6.32. The molecule has 4 rings (SSSR count). The van der Waals surface area contributed by atoms with Gasteiger partial charge in [-0.05, 0) is 75.3 Å². The van der Waals surface area contributed by atoms with Crippen molar-refractivity contribution in [2.75, 3.05) is 0 Å². The molecule has 0 amide bonds. The maximum absolute atomic E-state index is 6.19. The van der Waals surface area contributed by atoms with Crippen molar-refractivity contribution in [2.24, 2.45) is 0 Å². The first kappa shape index (κ1) is 14.6. The highest BCUT2D eigenvalue weighted by Gasteiger charge is 2.21. The Morgan fingerprint density at radius 1 is 1.00 bits per heavy atom. The number of benzene rings is 1. The fourth-order valence-corrected chi connectivity index (χ4v) is 4.49. The lowest BCUT2D eigenvalue weighted by molar-refractivity contribution is 0.465.